The fourth-order valence-electron chi connectivity index (χ4n) is 4.28. The Morgan fingerprint density at radius 3 is 2.89 bits per heavy atom. The molecule has 8 heteroatoms. The van der Waals surface area contributed by atoms with Gasteiger partial charge in [-0.3, -0.25) is 4.90 Å². The van der Waals surface area contributed by atoms with Crippen LogP contribution < -0.4 is 10.6 Å². The molecule has 6 nitrogen and oxygen atoms in total. The van der Waals surface area contributed by atoms with E-state index in [-0.39, 0.29) is 23.9 Å². The Balaban J connectivity index is 1.36. The van der Waals surface area contributed by atoms with Gasteiger partial charge in [0.1, 0.15) is 5.82 Å². The lowest BCUT2D eigenvalue weighted by atomic mass is 9.97. The van der Waals surface area contributed by atoms with E-state index >= 15 is 0 Å². The number of morpholine rings is 1. The summed E-state index contributed by atoms with van der Waals surface area (Å²) in [5, 5.41) is 6.11. The molecule has 3 atom stereocenters. The number of nitrogens with zero attached hydrogens (tertiary/aromatic N) is 1. The van der Waals surface area contributed by atoms with Crippen LogP contribution >= 0.6 is 11.8 Å². The highest BCUT2D eigenvalue weighted by atomic mass is 32.2. The maximum absolute atomic E-state index is 13.7. The molecule has 28 heavy (non-hydrogen) atoms. The number of hydrogen-bond donors (Lipinski definition) is 2. The lowest BCUT2D eigenvalue weighted by Crippen LogP contribution is -2.53. The van der Waals surface area contributed by atoms with Crippen molar-refractivity contribution in [1.82, 2.24) is 15.5 Å². The van der Waals surface area contributed by atoms with E-state index in [0.29, 0.717) is 12.5 Å². The standard InChI is InChI=1S/C20H28FN3O3S/c21-15-1-2-19-16(11-15)17(4-10-28-19)23-20(25)22-12-18(14-3-7-27-13-14)24-5-8-26-9-6-24/h1-2,11,14,17-18H,3-10,12-13H2,(H2,22,23,25). The molecule has 2 amide bonds. The fraction of sp³-hybridized carbons (Fsp3) is 0.650. The first-order valence-corrected chi connectivity index (χ1v) is 11.1. The quantitative estimate of drug-likeness (QED) is 0.782. The van der Waals surface area contributed by atoms with Gasteiger partial charge in [0.2, 0.25) is 0 Å². The molecular weight excluding hydrogens is 381 g/mol. The predicted molar refractivity (Wildman–Crippen MR) is 106 cm³/mol. The van der Waals surface area contributed by atoms with Crippen LogP contribution in [0.2, 0.25) is 0 Å². The van der Waals surface area contributed by atoms with Gasteiger partial charge in [0.15, 0.2) is 0 Å². The van der Waals surface area contributed by atoms with E-state index in [4.69, 9.17) is 9.47 Å². The number of hydrogen-bond acceptors (Lipinski definition) is 5. The molecule has 2 N–H and O–H groups in total. The molecule has 0 aromatic heterocycles. The van der Waals surface area contributed by atoms with Gasteiger partial charge in [-0.1, -0.05) is 0 Å². The smallest absolute Gasteiger partial charge is 0.315 e. The maximum atomic E-state index is 13.7. The minimum atomic E-state index is -0.262. The highest BCUT2D eigenvalue weighted by Crippen LogP contribution is 2.36. The van der Waals surface area contributed by atoms with Gasteiger partial charge < -0.3 is 20.1 Å². The Morgan fingerprint density at radius 2 is 2.11 bits per heavy atom. The van der Waals surface area contributed by atoms with E-state index in [1.807, 2.05) is 0 Å². The predicted octanol–water partition coefficient (Wildman–Crippen LogP) is 2.40. The molecule has 0 bridgehead atoms. The van der Waals surface area contributed by atoms with Crippen LogP contribution in [0, 0.1) is 11.7 Å². The Morgan fingerprint density at radius 1 is 1.25 bits per heavy atom. The van der Waals surface area contributed by atoms with Crippen molar-refractivity contribution >= 4 is 17.8 Å². The first kappa shape index (κ1) is 19.9. The van der Waals surface area contributed by atoms with Gasteiger partial charge in [0, 0.05) is 48.8 Å². The molecule has 0 spiro atoms. The van der Waals surface area contributed by atoms with Crippen molar-refractivity contribution in [2.45, 2.75) is 29.8 Å². The summed E-state index contributed by atoms with van der Waals surface area (Å²) in [4.78, 5) is 16.1. The van der Waals surface area contributed by atoms with Gasteiger partial charge in [-0.05, 0) is 36.6 Å². The van der Waals surface area contributed by atoms with E-state index in [1.165, 1.54) is 6.07 Å². The number of ether oxygens (including phenoxy) is 2. The summed E-state index contributed by atoms with van der Waals surface area (Å²) >= 11 is 1.71. The van der Waals surface area contributed by atoms with E-state index in [9.17, 15) is 9.18 Å². The zero-order chi connectivity index (χ0) is 19.3. The van der Waals surface area contributed by atoms with E-state index < -0.39 is 0 Å². The third kappa shape index (κ3) is 4.79. The molecule has 3 unspecified atom stereocenters. The molecule has 4 rings (SSSR count). The summed E-state index contributed by atoms with van der Waals surface area (Å²) in [7, 11) is 0. The van der Waals surface area contributed by atoms with Crippen LogP contribution in [0.5, 0.6) is 0 Å². The molecule has 3 aliphatic heterocycles. The van der Waals surface area contributed by atoms with Crippen molar-refractivity contribution in [3.8, 4) is 0 Å². The second kappa shape index (κ2) is 9.43. The molecule has 154 valence electrons. The van der Waals surface area contributed by atoms with Crippen molar-refractivity contribution in [2.75, 3.05) is 51.8 Å². The third-order valence-corrected chi connectivity index (χ3v) is 6.93. The van der Waals surface area contributed by atoms with Gasteiger partial charge in [0.25, 0.3) is 0 Å². The van der Waals surface area contributed by atoms with E-state index in [0.717, 1.165) is 68.6 Å². The highest BCUT2D eigenvalue weighted by Gasteiger charge is 2.32. The number of carbonyl (C=O) groups excluding carboxylic acids is 1. The average molecular weight is 410 g/mol. The van der Waals surface area contributed by atoms with Crippen molar-refractivity contribution in [3.63, 3.8) is 0 Å². The Kier molecular flexibility index (Phi) is 6.72. The molecule has 1 aromatic rings. The molecular formula is C20H28FN3O3S. The van der Waals surface area contributed by atoms with Crippen LogP contribution in [0.15, 0.2) is 23.1 Å². The summed E-state index contributed by atoms with van der Waals surface area (Å²) in [6.07, 6.45) is 1.83. The molecule has 3 aliphatic rings. The average Bonchev–Trinajstić information content (AvgIpc) is 3.24. The minimum absolute atomic E-state index is 0.149. The lowest BCUT2D eigenvalue weighted by molar-refractivity contribution is 0.00211. The largest absolute Gasteiger partial charge is 0.381 e. The number of fused-ring (bicyclic) bond motifs is 1. The van der Waals surface area contributed by atoms with Crippen molar-refractivity contribution in [3.05, 3.63) is 29.6 Å². The summed E-state index contributed by atoms with van der Waals surface area (Å²) in [6, 6.07) is 4.73. The monoisotopic (exact) mass is 409 g/mol. The Hall–Kier alpha value is -1.35. The lowest BCUT2D eigenvalue weighted by Gasteiger charge is -2.37. The number of amides is 2. The zero-order valence-electron chi connectivity index (χ0n) is 16.0. The fourth-order valence-corrected chi connectivity index (χ4v) is 5.39. The second-order valence-corrected chi connectivity index (χ2v) is 8.70. The first-order chi connectivity index (χ1) is 13.7. The van der Waals surface area contributed by atoms with Gasteiger partial charge in [-0.2, -0.15) is 0 Å². The van der Waals surface area contributed by atoms with Crippen LogP contribution in [-0.2, 0) is 9.47 Å². The van der Waals surface area contributed by atoms with Crippen LogP contribution in [0.4, 0.5) is 9.18 Å². The van der Waals surface area contributed by atoms with Gasteiger partial charge >= 0.3 is 6.03 Å². The highest BCUT2D eigenvalue weighted by molar-refractivity contribution is 7.99. The van der Waals surface area contributed by atoms with Crippen LogP contribution in [0.1, 0.15) is 24.4 Å². The second-order valence-electron chi connectivity index (χ2n) is 7.57. The SMILES string of the molecule is O=C(NCC(C1CCOC1)N1CCOCC1)NC1CCSc2ccc(F)cc21. The van der Waals surface area contributed by atoms with E-state index in [2.05, 4.69) is 15.5 Å². The zero-order valence-corrected chi connectivity index (χ0v) is 16.8. The van der Waals surface area contributed by atoms with Gasteiger partial charge in [-0.25, -0.2) is 9.18 Å². The van der Waals surface area contributed by atoms with Crippen LogP contribution in [0.3, 0.4) is 0 Å². The Bertz CT molecular complexity index is 681. The minimum Gasteiger partial charge on any atom is -0.381 e. The number of carbonyl (C=O) groups is 1. The topological polar surface area (TPSA) is 62.8 Å². The molecule has 2 saturated heterocycles. The summed E-state index contributed by atoms with van der Waals surface area (Å²) in [5.41, 5.74) is 0.875. The van der Waals surface area contributed by atoms with Gasteiger partial charge in [-0.15, -0.1) is 11.8 Å². The molecule has 3 heterocycles. The Labute approximate surface area is 169 Å². The van der Waals surface area contributed by atoms with Crippen molar-refractivity contribution in [2.24, 2.45) is 5.92 Å². The maximum Gasteiger partial charge on any atom is 0.315 e. The van der Waals surface area contributed by atoms with Crippen LogP contribution in [-0.4, -0.2) is 68.8 Å². The van der Waals surface area contributed by atoms with E-state index in [1.54, 1.807) is 23.9 Å². The molecule has 1 aromatic carbocycles. The van der Waals surface area contributed by atoms with Crippen molar-refractivity contribution < 1.29 is 18.7 Å². The number of thioether (sulfide) groups is 1. The number of urea groups is 1. The number of nitrogens with one attached hydrogen (secondary N) is 2. The number of benzene rings is 1. The number of halogens is 1. The van der Waals surface area contributed by atoms with Crippen molar-refractivity contribution in [1.29, 1.82) is 0 Å². The normalized spacial score (nSPS) is 26.5. The summed E-state index contributed by atoms with van der Waals surface area (Å²) in [6.45, 7) is 5.36. The molecule has 0 radical (unpaired) electrons. The number of rotatable bonds is 5. The first-order valence-electron chi connectivity index (χ1n) is 10.1. The third-order valence-electron chi connectivity index (χ3n) is 5.81. The van der Waals surface area contributed by atoms with Gasteiger partial charge in [0.05, 0.1) is 25.9 Å². The molecule has 0 saturated carbocycles. The molecule has 2 fully saturated rings. The van der Waals surface area contributed by atoms with Crippen LogP contribution in [0.25, 0.3) is 0 Å². The summed E-state index contributed by atoms with van der Waals surface area (Å²) < 4.78 is 24.7. The summed E-state index contributed by atoms with van der Waals surface area (Å²) in [5.74, 6) is 1.08. The molecule has 0 aliphatic carbocycles.